The predicted octanol–water partition coefficient (Wildman–Crippen LogP) is 3.51. The molecule has 25 heavy (non-hydrogen) atoms. The highest BCUT2D eigenvalue weighted by Crippen LogP contribution is 2.26. The number of hydrogen-bond donors (Lipinski definition) is 1. The molecule has 1 saturated carbocycles. The van der Waals surface area contributed by atoms with Crippen LogP contribution in [-0.2, 0) is 11.3 Å². The molecule has 0 atom stereocenters. The standard InChI is InChI=1S/C19H32N4OS/c1-14-18(25-15(2)22-14)12-21-19(20-3)23-10-8-17(9-11-23)24-13-16-6-4-5-7-16/h16-17H,4-13H2,1-3H3,(H,20,21). The Bertz CT molecular complexity index is 572. The van der Waals surface area contributed by atoms with Gasteiger partial charge < -0.3 is 15.0 Å². The number of guanidine groups is 1. The summed E-state index contributed by atoms with van der Waals surface area (Å²) < 4.78 is 6.18. The van der Waals surface area contributed by atoms with Crippen molar-refractivity contribution in [1.29, 1.82) is 0 Å². The van der Waals surface area contributed by atoms with Gasteiger partial charge in [0.25, 0.3) is 0 Å². The van der Waals surface area contributed by atoms with Gasteiger partial charge in [0, 0.05) is 31.6 Å². The fourth-order valence-electron chi connectivity index (χ4n) is 3.91. The van der Waals surface area contributed by atoms with Crippen LogP contribution in [0.1, 0.15) is 54.1 Å². The number of piperidine rings is 1. The minimum absolute atomic E-state index is 0.432. The highest BCUT2D eigenvalue weighted by atomic mass is 32.1. The number of rotatable bonds is 5. The van der Waals surface area contributed by atoms with Crippen LogP contribution < -0.4 is 5.32 Å². The van der Waals surface area contributed by atoms with Gasteiger partial charge in [0.05, 0.1) is 23.4 Å². The number of aromatic nitrogens is 1. The predicted molar refractivity (Wildman–Crippen MR) is 104 cm³/mol. The Morgan fingerprint density at radius 2 is 1.96 bits per heavy atom. The molecule has 0 aromatic carbocycles. The molecule has 3 rings (SSSR count). The van der Waals surface area contributed by atoms with Gasteiger partial charge in [-0.2, -0.15) is 0 Å². The Balaban J connectivity index is 1.41. The van der Waals surface area contributed by atoms with Crippen molar-refractivity contribution in [2.75, 3.05) is 26.7 Å². The van der Waals surface area contributed by atoms with Gasteiger partial charge in [0.1, 0.15) is 0 Å². The third kappa shape index (κ3) is 5.17. The molecule has 2 aliphatic rings. The number of nitrogens with one attached hydrogen (secondary N) is 1. The van der Waals surface area contributed by atoms with Crippen LogP contribution in [0.3, 0.4) is 0 Å². The summed E-state index contributed by atoms with van der Waals surface area (Å²) in [5.41, 5.74) is 1.13. The fourth-order valence-corrected chi connectivity index (χ4v) is 4.79. The monoisotopic (exact) mass is 364 g/mol. The van der Waals surface area contributed by atoms with Gasteiger partial charge in [-0.3, -0.25) is 4.99 Å². The molecule has 1 aliphatic carbocycles. The number of nitrogens with zero attached hydrogens (tertiary/aromatic N) is 3. The summed E-state index contributed by atoms with van der Waals surface area (Å²) >= 11 is 1.77. The van der Waals surface area contributed by atoms with Crippen molar-refractivity contribution in [3.8, 4) is 0 Å². The highest BCUT2D eigenvalue weighted by molar-refractivity contribution is 7.11. The fraction of sp³-hybridized carbons (Fsp3) is 0.789. The van der Waals surface area contributed by atoms with Gasteiger partial charge in [-0.05, 0) is 45.4 Å². The smallest absolute Gasteiger partial charge is 0.193 e. The Hall–Kier alpha value is -1.14. The SMILES string of the molecule is CN=C(NCc1sc(C)nc1C)N1CCC(OCC2CCCC2)CC1. The number of hydrogen-bond acceptors (Lipinski definition) is 4. The number of aliphatic imine (C=N–C) groups is 1. The Kier molecular flexibility index (Phi) is 6.70. The normalized spacial score (nSPS) is 20.4. The molecule has 1 aliphatic heterocycles. The lowest BCUT2D eigenvalue weighted by atomic mass is 10.1. The lowest BCUT2D eigenvalue weighted by Gasteiger charge is -2.34. The van der Waals surface area contributed by atoms with E-state index in [9.17, 15) is 0 Å². The molecule has 2 fully saturated rings. The van der Waals surface area contributed by atoms with Crippen LogP contribution in [0.25, 0.3) is 0 Å². The summed E-state index contributed by atoms with van der Waals surface area (Å²) in [5, 5.41) is 4.64. The van der Waals surface area contributed by atoms with Crippen LogP contribution in [-0.4, -0.2) is 48.7 Å². The first-order chi connectivity index (χ1) is 12.2. The summed E-state index contributed by atoms with van der Waals surface area (Å²) in [6, 6.07) is 0. The molecular weight excluding hydrogens is 332 g/mol. The number of likely N-dealkylation sites (tertiary alicyclic amines) is 1. The van der Waals surface area contributed by atoms with Gasteiger partial charge >= 0.3 is 0 Å². The highest BCUT2D eigenvalue weighted by Gasteiger charge is 2.24. The van der Waals surface area contributed by atoms with E-state index in [1.54, 1.807) is 11.3 Å². The van der Waals surface area contributed by atoms with Crippen molar-refractivity contribution >= 4 is 17.3 Å². The summed E-state index contributed by atoms with van der Waals surface area (Å²) in [4.78, 5) is 12.6. The third-order valence-electron chi connectivity index (χ3n) is 5.40. The van der Waals surface area contributed by atoms with Crippen LogP contribution in [0.4, 0.5) is 0 Å². The molecule has 6 heteroatoms. The van der Waals surface area contributed by atoms with E-state index in [1.165, 1.54) is 30.6 Å². The topological polar surface area (TPSA) is 49.8 Å². The molecule has 5 nitrogen and oxygen atoms in total. The van der Waals surface area contributed by atoms with Crippen LogP contribution in [0.2, 0.25) is 0 Å². The zero-order valence-corrected chi connectivity index (χ0v) is 16.7. The molecule has 0 bridgehead atoms. The molecule has 0 radical (unpaired) electrons. The largest absolute Gasteiger partial charge is 0.378 e. The van der Waals surface area contributed by atoms with Crippen molar-refractivity contribution in [2.45, 2.75) is 65.0 Å². The van der Waals surface area contributed by atoms with Crippen molar-refractivity contribution < 1.29 is 4.74 Å². The van der Waals surface area contributed by atoms with Crippen molar-refractivity contribution in [3.05, 3.63) is 15.6 Å². The Morgan fingerprint density at radius 1 is 1.24 bits per heavy atom. The molecule has 0 spiro atoms. The van der Waals surface area contributed by atoms with Gasteiger partial charge in [-0.1, -0.05) is 12.8 Å². The quantitative estimate of drug-likeness (QED) is 0.642. The zero-order valence-electron chi connectivity index (χ0n) is 15.9. The van der Waals surface area contributed by atoms with Gasteiger partial charge in [-0.25, -0.2) is 4.98 Å². The van der Waals surface area contributed by atoms with E-state index in [0.717, 1.165) is 61.7 Å². The molecule has 1 aromatic rings. The average molecular weight is 365 g/mol. The maximum absolute atomic E-state index is 6.18. The minimum Gasteiger partial charge on any atom is -0.378 e. The first kappa shape index (κ1) is 18.6. The van der Waals surface area contributed by atoms with E-state index in [2.05, 4.69) is 34.0 Å². The summed E-state index contributed by atoms with van der Waals surface area (Å²) in [7, 11) is 1.87. The molecule has 2 heterocycles. The Morgan fingerprint density at radius 3 is 2.56 bits per heavy atom. The lowest BCUT2D eigenvalue weighted by molar-refractivity contribution is 0.00101. The third-order valence-corrected chi connectivity index (χ3v) is 6.48. The summed E-state index contributed by atoms with van der Waals surface area (Å²) in [6.07, 6.45) is 8.16. The number of ether oxygens (including phenoxy) is 1. The van der Waals surface area contributed by atoms with Crippen LogP contribution in [0.15, 0.2) is 4.99 Å². The van der Waals surface area contributed by atoms with Gasteiger partial charge in [-0.15, -0.1) is 11.3 Å². The van der Waals surface area contributed by atoms with Crippen LogP contribution >= 0.6 is 11.3 Å². The second-order valence-corrected chi connectivity index (χ2v) is 8.60. The van der Waals surface area contributed by atoms with E-state index in [1.807, 2.05) is 7.05 Å². The van der Waals surface area contributed by atoms with Crippen LogP contribution in [0, 0.1) is 19.8 Å². The maximum atomic E-state index is 6.18. The van der Waals surface area contributed by atoms with Crippen molar-refractivity contribution in [3.63, 3.8) is 0 Å². The van der Waals surface area contributed by atoms with E-state index in [-0.39, 0.29) is 0 Å². The van der Waals surface area contributed by atoms with E-state index in [4.69, 9.17) is 4.74 Å². The second kappa shape index (κ2) is 8.99. The average Bonchev–Trinajstić information content (AvgIpc) is 3.24. The second-order valence-electron chi connectivity index (χ2n) is 7.31. The van der Waals surface area contributed by atoms with Gasteiger partial charge in [0.15, 0.2) is 5.96 Å². The zero-order chi connectivity index (χ0) is 17.6. The molecule has 1 saturated heterocycles. The molecular formula is C19H32N4OS. The molecule has 1 aromatic heterocycles. The first-order valence-corrected chi connectivity index (χ1v) is 10.5. The molecule has 0 unspecified atom stereocenters. The molecule has 140 valence electrons. The lowest BCUT2D eigenvalue weighted by Crippen LogP contribution is -2.46. The van der Waals surface area contributed by atoms with E-state index >= 15 is 0 Å². The number of thiazole rings is 1. The Labute approximate surface area is 155 Å². The van der Waals surface area contributed by atoms with Crippen LogP contribution in [0.5, 0.6) is 0 Å². The molecule has 1 N–H and O–H groups in total. The van der Waals surface area contributed by atoms with E-state index in [0.29, 0.717) is 6.10 Å². The molecule has 0 amide bonds. The van der Waals surface area contributed by atoms with E-state index < -0.39 is 0 Å². The number of aryl methyl sites for hydroxylation is 2. The van der Waals surface area contributed by atoms with Crippen molar-refractivity contribution in [2.24, 2.45) is 10.9 Å². The first-order valence-electron chi connectivity index (χ1n) is 9.66. The van der Waals surface area contributed by atoms with Gasteiger partial charge in [0.2, 0.25) is 0 Å². The van der Waals surface area contributed by atoms with Crippen molar-refractivity contribution in [1.82, 2.24) is 15.2 Å². The maximum Gasteiger partial charge on any atom is 0.193 e. The summed E-state index contributed by atoms with van der Waals surface area (Å²) in [6.45, 7) is 7.97. The minimum atomic E-state index is 0.432. The summed E-state index contributed by atoms with van der Waals surface area (Å²) in [5.74, 6) is 1.82.